The number of nitrogens with zero attached hydrogens (tertiary/aromatic N) is 4. The van der Waals surface area contributed by atoms with Crippen molar-refractivity contribution in [1.82, 2.24) is 19.8 Å². The van der Waals surface area contributed by atoms with Crippen LogP contribution in [0.5, 0.6) is 0 Å². The number of rotatable bonds is 10. The normalized spacial score (nSPS) is 15.0. The number of benzene rings is 1. The summed E-state index contributed by atoms with van der Waals surface area (Å²) in [7, 11) is 0. The van der Waals surface area contributed by atoms with Crippen LogP contribution in [0.4, 0.5) is 24.5 Å². The molecule has 4 rings (SSSR count). The van der Waals surface area contributed by atoms with Gasteiger partial charge in [-0.25, -0.2) is 0 Å². The molecule has 11 heteroatoms. The molecular formula is C30H32F3N5O3. The van der Waals surface area contributed by atoms with Gasteiger partial charge in [0.25, 0.3) is 12.4 Å². The minimum absolute atomic E-state index is 0.147. The molecule has 1 saturated heterocycles. The number of ether oxygens (including phenoxy) is 1. The Bertz CT molecular complexity index is 1340. The molecule has 1 aliphatic rings. The third-order valence-corrected chi connectivity index (χ3v) is 6.97. The molecule has 1 aromatic carbocycles. The van der Waals surface area contributed by atoms with Crippen LogP contribution >= 0.6 is 0 Å². The molecule has 41 heavy (non-hydrogen) atoms. The van der Waals surface area contributed by atoms with Crippen molar-refractivity contribution in [3.63, 3.8) is 0 Å². The van der Waals surface area contributed by atoms with Gasteiger partial charge in [-0.1, -0.05) is 12.1 Å². The van der Waals surface area contributed by atoms with Crippen molar-refractivity contribution in [2.45, 2.75) is 51.5 Å². The lowest BCUT2D eigenvalue weighted by molar-refractivity contribution is -0.139. The van der Waals surface area contributed by atoms with E-state index in [1.165, 1.54) is 18.2 Å². The number of carbonyl (C=O) groups is 2. The van der Waals surface area contributed by atoms with Crippen LogP contribution in [0.15, 0.2) is 73.0 Å². The van der Waals surface area contributed by atoms with Crippen molar-refractivity contribution in [3.05, 3.63) is 89.7 Å². The predicted molar refractivity (Wildman–Crippen MR) is 149 cm³/mol. The number of hydrogen-bond donors (Lipinski definition) is 1. The average Bonchev–Trinajstić information content (AvgIpc) is 2.96. The number of amides is 1. The first-order valence-corrected chi connectivity index (χ1v) is 13.3. The van der Waals surface area contributed by atoms with Crippen LogP contribution in [0.2, 0.25) is 0 Å². The van der Waals surface area contributed by atoms with Gasteiger partial charge >= 0.3 is 6.18 Å². The van der Waals surface area contributed by atoms with E-state index in [0.717, 1.165) is 42.2 Å². The predicted octanol–water partition coefficient (Wildman–Crippen LogP) is 5.65. The number of hydrogen-bond acceptors (Lipinski definition) is 7. The van der Waals surface area contributed by atoms with Crippen molar-refractivity contribution in [3.8, 4) is 0 Å². The fourth-order valence-corrected chi connectivity index (χ4v) is 4.78. The van der Waals surface area contributed by atoms with Gasteiger partial charge in [0, 0.05) is 56.0 Å². The SMILES string of the molecule is CC(C)N1CCC(N(Cc2cncc(Nc3ccncc3)c2)C(=O)/C(=C\c2ccc(C(F)(F)F)cc2)OC=O)CC1. The Balaban J connectivity index is 1.62. The van der Waals surface area contributed by atoms with Gasteiger partial charge in [-0.3, -0.25) is 19.6 Å². The summed E-state index contributed by atoms with van der Waals surface area (Å²) in [5, 5.41) is 3.26. The molecule has 0 atom stereocenters. The molecule has 2 aromatic heterocycles. The summed E-state index contributed by atoms with van der Waals surface area (Å²) in [4.78, 5) is 37.6. The maximum atomic E-state index is 13.9. The number of carbonyl (C=O) groups excluding carboxylic acids is 2. The Kier molecular flexibility index (Phi) is 9.72. The van der Waals surface area contributed by atoms with Gasteiger partial charge in [-0.15, -0.1) is 0 Å². The van der Waals surface area contributed by atoms with Gasteiger partial charge in [0.15, 0.2) is 5.76 Å². The van der Waals surface area contributed by atoms with E-state index in [1.54, 1.807) is 29.7 Å². The number of pyridine rings is 2. The summed E-state index contributed by atoms with van der Waals surface area (Å²) in [5.41, 5.74) is 1.78. The lowest BCUT2D eigenvalue weighted by atomic mass is 10.0. The van der Waals surface area contributed by atoms with E-state index in [1.807, 2.05) is 18.2 Å². The number of nitrogens with one attached hydrogen (secondary N) is 1. The van der Waals surface area contributed by atoms with Crippen molar-refractivity contribution in [1.29, 1.82) is 0 Å². The van der Waals surface area contributed by atoms with Gasteiger partial charge < -0.3 is 19.9 Å². The van der Waals surface area contributed by atoms with Crippen LogP contribution < -0.4 is 5.32 Å². The Morgan fingerprint density at radius 3 is 2.37 bits per heavy atom. The lowest BCUT2D eigenvalue weighted by Gasteiger charge is -2.40. The summed E-state index contributed by atoms with van der Waals surface area (Å²) < 4.78 is 44.1. The van der Waals surface area contributed by atoms with E-state index < -0.39 is 17.6 Å². The maximum absolute atomic E-state index is 13.9. The molecule has 0 radical (unpaired) electrons. The first-order valence-electron chi connectivity index (χ1n) is 13.3. The van der Waals surface area contributed by atoms with E-state index in [9.17, 15) is 22.8 Å². The largest absolute Gasteiger partial charge is 0.423 e. The van der Waals surface area contributed by atoms with E-state index in [-0.39, 0.29) is 24.8 Å². The summed E-state index contributed by atoms with van der Waals surface area (Å²) in [6, 6.07) is 10.0. The van der Waals surface area contributed by atoms with E-state index >= 15 is 0 Å². The fourth-order valence-electron chi connectivity index (χ4n) is 4.78. The second kappa shape index (κ2) is 13.4. The Labute approximate surface area is 236 Å². The quantitative estimate of drug-likeness (QED) is 0.192. The van der Waals surface area contributed by atoms with Crippen molar-refractivity contribution < 1.29 is 27.5 Å². The number of likely N-dealkylation sites (tertiary alicyclic amines) is 1. The zero-order chi connectivity index (χ0) is 29.4. The smallest absolute Gasteiger partial charge is 0.416 e. The van der Waals surface area contributed by atoms with Crippen molar-refractivity contribution >= 4 is 29.8 Å². The second-order valence-electron chi connectivity index (χ2n) is 10.1. The minimum Gasteiger partial charge on any atom is -0.423 e. The van der Waals surface area contributed by atoms with Crippen LogP contribution in [-0.2, 0) is 27.0 Å². The molecule has 0 saturated carbocycles. The first-order chi connectivity index (χ1) is 19.6. The molecule has 1 amide bonds. The highest BCUT2D eigenvalue weighted by atomic mass is 19.4. The Morgan fingerprint density at radius 2 is 1.76 bits per heavy atom. The number of aromatic nitrogens is 2. The molecule has 1 N–H and O–H groups in total. The van der Waals surface area contributed by atoms with Crippen LogP contribution in [0, 0.1) is 0 Å². The van der Waals surface area contributed by atoms with Gasteiger partial charge in [0.05, 0.1) is 17.4 Å². The zero-order valence-electron chi connectivity index (χ0n) is 22.8. The molecule has 1 fully saturated rings. The highest BCUT2D eigenvalue weighted by Gasteiger charge is 2.32. The third-order valence-electron chi connectivity index (χ3n) is 6.97. The number of anilines is 2. The maximum Gasteiger partial charge on any atom is 0.416 e. The molecule has 216 valence electrons. The van der Waals surface area contributed by atoms with Crippen molar-refractivity contribution in [2.24, 2.45) is 0 Å². The summed E-state index contributed by atoms with van der Waals surface area (Å²) in [5.74, 6) is -0.808. The first kappa shape index (κ1) is 29.7. The molecule has 3 aromatic rings. The Hall–Kier alpha value is -4.25. The average molecular weight is 568 g/mol. The van der Waals surface area contributed by atoms with Gasteiger partial charge in [0.1, 0.15) is 0 Å². The molecule has 0 bridgehead atoms. The van der Waals surface area contributed by atoms with Crippen LogP contribution in [0.3, 0.4) is 0 Å². The standard InChI is InChI=1S/C30H32F3N5O3/c1-21(2)37-13-9-27(10-14-37)38(19-23-15-26(18-35-17-23)36-25-7-11-34-12-8-25)29(40)28(41-20-39)16-22-3-5-24(6-4-22)30(31,32)33/h3-8,11-12,15-18,20-21,27H,9-10,13-14,19H2,1-2H3,(H,34,36)/b28-16+. The lowest BCUT2D eigenvalue weighted by Crippen LogP contribution is -2.49. The van der Waals surface area contributed by atoms with Gasteiger partial charge in [-0.2, -0.15) is 13.2 Å². The van der Waals surface area contributed by atoms with E-state index in [0.29, 0.717) is 24.4 Å². The van der Waals surface area contributed by atoms with Crippen LogP contribution in [0.25, 0.3) is 6.08 Å². The number of halogens is 3. The van der Waals surface area contributed by atoms with Crippen LogP contribution in [0.1, 0.15) is 43.4 Å². The van der Waals surface area contributed by atoms with Crippen molar-refractivity contribution in [2.75, 3.05) is 18.4 Å². The molecule has 0 aliphatic carbocycles. The third kappa shape index (κ3) is 8.14. The van der Waals surface area contributed by atoms with Crippen LogP contribution in [-0.4, -0.2) is 57.3 Å². The van der Waals surface area contributed by atoms with E-state index in [2.05, 4.69) is 34.0 Å². The fraction of sp³-hybridized carbons (Fsp3) is 0.333. The highest BCUT2D eigenvalue weighted by molar-refractivity contribution is 5.97. The second-order valence-corrected chi connectivity index (χ2v) is 10.1. The van der Waals surface area contributed by atoms with E-state index in [4.69, 9.17) is 4.74 Å². The minimum atomic E-state index is -4.49. The number of piperidine rings is 1. The molecule has 3 heterocycles. The highest BCUT2D eigenvalue weighted by Crippen LogP contribution is 2.30. The number of alkyl halides is 3. The monoisotopic (exact) mass is 567 g/mol. The topological polar surface area (TPSA) is 87.7 Å². The molecule has 1 aliphatic heterocycles. The molecule has 0 unspecified atom stereocenters. The Morgan fingerprint density at radius 1 is 1.07 bits per heavy atom. The van der Waals surface area contributed by atoms with Gasteiger partial charge in [-0.05, 0) is 74.2 Å². The molecule has 8 nitrogen and oxygen atoms in total. The molecule has 0 spiro atoms. The molecular weight excluding hydrogens is 535 g/mol. The van der Waals surface area contributed by atoms with Gasteiger partial charge in [0.2, 0.25) is 0 Å². The zero-order valence-corrected chi connectivity index (χ0v) is 22.8. The summed E-state index contributed by atoms with van der Waals surface area (Å²) in [6.07, 6.45) is 4.89. The summed E-state index contributed by atoms with van der Waals surface area (Å²) >= 11 is 0. The summed E-state index contributed by atoms with van der Waals surface area (Å²) in [6.45, 7) is 6.17.